The van der Waals surface area contributed by atoms with Gasteiger partial charge in [0.25, 0.3) is 0 Å². The molecule has 5 nitrogen and oxygen atoms in total. The molecule has 0 N–H and O–H groups in total. The van der Waals surface area contributed by atoms with Crippen molar-refractivity contribution in [1.82, 2.24) is 14.1 Å². The number of hydrogen-bond acceptors (Lipinski definition) is 3. The zero-order chi connectivity index (χ0) is 60.9. The van der Waals surface area contributed by atoms with E-state index in [0.717, 1.165) is 95.4 Å². The molecule has 3 heterocycles. The van der Waals surface area contributed by atoms with Gasteiger partial charge in [0.05, 0.1) is 33.3 Å². The van der Waals surface area contributed by atoms with Crippen LogP contribution in [0.4, 0.5) is 34.1 Å². The lowest BCUT2D eigenvalue weighted by molar-refractivity contribution is 1.18. The van der Waals surface area contributed by atoms with Crippen LogP contribution in [0.3, 0.4) is 0 Å². The van der Waals surface area contributed by atoms with E-state index in [9.17, 15) is 0 Å². The average molecular weight is 1170 g/mol. The Hall–Kier alpha value is -12.3. The average Bonchev–Trinajstić information content (AvgIpc) is 1.54. The lowest BCUT2D eigenvalue weighted by Gasteiger charge is -2.26. The maximum absolute atomic E-state index is 5.47. The largest absolute Gasteiger partial charge is 0.310 e. The predicted molar refractivity (Wildman–Crippen MR) is 387 cm³/mol. The summed E-state index contributed by atoms with van der Waals surface area (Å²) in [5, 5.41) is 5.89. The topological polar surface area (TPSA) is 29.2 Å². The molecule has 0 spiro atoms. The van der Waals surface area contributed by atoms with Crippen LogP contribution in [0.25, 0.3) is 122 Å². The molecular formula is C87H59N5. The molecule has 92 heavy (non-hydrogen) atoms. The molecule has 0 atom stereocenters. The second-order valence-electron chi connectivity index (χ2n) is 23.5. The second kappa shape index (κ2) is 23.0. The highest BCUT2D eigenvalue weighted by molar-refractivity contribution is 6.12. The Kier molecular flexibility index (Phi) is 13.5. The van der Waals surface area contributed by atoms with Crippen molar-refractivity contribution in [2.75, 3.05) is 9.80 Å². The normalized spacial score (nSPS) is 11.5. The van der Waals surface area contributed by atoms with Gasteiger partial charge >= 0.3 is 0 Å². The third-order valence-corrected chi connectivity index (χ3v) is 18.1. The molecule has 0 bridgehead atoms. The van der Waals surface area contributed by atoms with E-state index in [0.29, 0.717) is 0 Å². The molecule has 0 saturated carbocycles. The van der Waals surface area contributed by atoms with Crippen molar-refractivity contribution in [2.24, 2.45) is 0 Å². The number of hydrogen-bond donors (Lipinski definition) is 0. The van der Waals surface area contributed by atoms with Crippen molar-refractivity contribution < 1.29 is 0 Å². The van der Waals surface area contributed by atoms with Gasteiger partial charge in [-0.1, -0.05) is 224 Å². The lowest BCUT2D eigenvalue weighted by atomic mass is 9.96. The van der Waals surface area contributed by atoms with Gasteiger partial charge < -0.3 is 18.9 Å². The smallest absolute Gasteiger partial charge is 0.0717 e. The maximum atomic E-state index is 5.47. The van der Waals surface area contributed by atoms with Crippen molar-refractivity contribution in [3.63, 3.8) is 0 Å². The van der Waals surface area contributed by atoms with E-state index in [4.69, 9.17) is 4.98 Å². The molecule has 0 saturated heterocycles. The van der Waals surface area contributed by atoms with Crippen LogP contribution >= 0.6 is 0 Å². The number of rotatable bonds is 13. The van der Waals surface area contributed by atoms with Gasteiger partial charge in [0.15, 0.2) is 0 Å². The zero-order valence-electron chi connectivity index (χ0n) is 50.3. The molecule has 0 aliphatic heterocycles. The Morgan fingerprint density at radius 2 is 0.511 bits per heavy atom. The van der Waals surface area contributed by atoms with Crippen molar-refractivity contribution in [2.45, 2.75) is 0 Å². The van der Waals surface area contributed by atoms with Crippen LogP contribution in [0.15, 0.2) is 358 Å². The van der Waals surface area contributed by atoms with Crippen molar-refractivity contribution >= 4 is 88.6 Å². The van der Waals surface area contributed by atoms with Gasteiger partial charge in [-0.2, -0.15) is 0 Å². The van der Waals surface area contributed by atoms with Crippen LogP contribution in [0.1, 0.15) is 0 Å². The molecule has 5 heteroatoms. The van der Waals surface area contributed by atoms with Gasteiger partial charge in [0, 0.05) is 78.0 Å². The number of aromatic nitrogens is 3. The first-order chi connectivity index (χ1) is 45.6. The van der Waals surface area contributed by atoms with Crippen LogP contribution in [0.5, 0.6) is 0 Å². The minimum atomic E-state index is 0.914. The Balaban J connectivity index is 0.730. The summed E-state index contributed by atoms with van der Waals surface area (Å²) in [6.45, 7) is 0. The molecule has 0 aliphatic rings. The first-order valence-corrected chi connectivity index (χ1v) is 31.4. The van der Waals surface area contributed by atoms with Crippen molar-refractivity contribution in [3.8, 4) is 67.1 Å². The van der Waals surface area contributed by atoms with Gasteiger partial charge in [-0.15, -0.1) is 0 Å². The van der Waals surface area contributed by atoms with Crippen LogP contribution in [-0.2, 0) is 0 Å². The number of benzene rings is 14. The SMILES string of the molecule is c1ccc(-c2ccc(N(c3ccc(-c4ccc(-c5cc(-c6ccccc6)c6cc(N(c7ccc(-c8ccccc8)cc7)c7ccc8c(c7)c7ccccc7n8-c7ccccc7)ccc6n5)cc4)cc3)c3ccc4c(c3)c3ccccc3n4-c3ccccc3)cc2)cc1. The molecule has 14 aromatic carbocycles. The molecule has 0 unspecified atom stereocenters. The van der Waals surface area contributed by atoms with E-state index in [1.807, 2.05) is 0 Å². The number of fused-ring (bicyclic) bond motifs is 7. The Bertz CT molecular complexity index is 5510. The van der Waals surface area contributed by atoms with E-state index in [1.54, 1.807) is 0 Å². The molecule has 0 aliphatic carbocycles. The van der Waals surface area contributed by atoms with Crippen LogP contribution in [0, 0.1) is 0 Å². The molecule has 0 radical (unpaired) electrons. The van der Waals surface area contributed by atoms with E-state index in [1.165, 1.54) is 60.3 Å². The van der Waals surface area contributed by atoms with Crippen LogP contribution in [-0.4, -0.2) is 14.1 Å². The molecule has 17 aromatic rings. The standard InChI is InChI=1S/C87H59N5/c1-6-20-60(21-7-1)63-38-44-70(45-39-63)89(74-51-54-86-80(57-74)76-30-16-18-32-84(76)91(86)68-26-12-4-13-27-68)71-46-42-65(43-47-71)62-34-36-67(37-35-62)83-59-78(66-24-10-3-11-25-66)79-56-73(50-53-82(79)88-83)90(72-48-40-64(41-49-72)61-22-8-2-9-23-61)75-52-55-87-81(58-75)77-31-17-19-33-85(77)92(87)69-28-14-5-15-29-69/h1-59H. The van der Waals surface area contributed by atoms with Gasteiger partial charge in [0.1, 0.15) is 0 Å². The summed E-state index contributed by atoms with van der Waals surface area (Å²) >= 11 is 0. The Morgan fingerprint density at radius 3 is 0.946 bits per heavy atom. The highest BCUT2D eigenvalue weighted by Gasteiger charge is 2.22. The minimum absolute atomic E-state index is 0.914. The summed E-state index contributed by atoms with van der Waals surface area (Å²) in [6, 6.07) is 129. The molecule has 0 amide bonds. The van der Waals surface area contributed by atoms with Gasteiger partial charge in [-0.05, 0) is 178 Å². The molecule has 3 aromatic heterocycles. The van der Waals surface area contributed by atoms with E-state index in [2.05, 4.69) is 377 Å². The van der Waals surface area contributed by atoms with Crippen molar-refractivity contribution in [3.05, 3.63) is 358 Å². The van der Waals surface area contributed by atoms with E-state index in [-0.39, 0.29) is 0 Å². The monoisotopic (exact) mass is 1170 g/mol. The third kappa shape index (κ3) is 9.73. The fraction of sp³-hybridized carbons (Fsp3) is 0. The maximum Gasteiger partial charge on any atom is 0.0717 e. The number of anilines is 6. The first kappa shape index (κ1) is 53.9. The van der Waals surface area contributed by atoms with Gasteiger partial charge in [0.2, 0.25) is 0 Å². The third-order valence-electron chi connectivity index (χ3n) is 18.1. The lowest BCUT2D eigenvalue weighted by Crippen LogP contribution is -2.10. The summed E-state index contributed by atoms with van der Waals surface area (Å²) < 4.78 is 4.75. The summed E-state index contributed by atoms with van der Waals surface area (Å²) in [4.78, 5) is 10.2. The summed E-state index contributed by atoms with van der Waals surface area (Å²) in [6.07, 6.45) is 0. The Labute approximate surface area is 534 Å². The fourth-order valence-corrected chi connectivity index (χ4v) is 13.7. The zero-order valence-corrected chi connectivity index (χ0v) is 50.3. The van der Waals surface area contributed by atoms with E-state index < -0.39 is 0 Å². The number of nitrogens with zero attached hydrogens (tertiary/aromatic N) is 5. The second-order valence-corrected chi connectivity index (χ2v) is 23.5. The first-order valence-electron chi connectivity index (χ1n) is 31.4. The van der Waals surface area contributed by atoms with Crippen LogP contribution < -0.4 is 9.80 Å². The predicted octanol–water partition coefficient (Wildman–Crippen LogP) is 23.7. The van der Waals surface area contributed by atoms with E-state index >= 15 is 0 Å². The summed E-state index contributed by atoms with van der Waals surface area (Å²) in [5.41, 5.74) is 25.5. The summed E-state index contributed by atoms with van der Waals surface area (Å²) in [5.74, 6) is 0. The minimum Gasteiger partial charge on any atom is -0.310 e. The van der Waals surface area contributed by atoms with Gasteiger partial charge in [-0.3, -0.25) is 0 Å². The Morgan fingerprint density at radius 1 is 0.207 bits per heavy atom. The molecule has 432 valence electrons. The number of para-hydroxylation sites is 4. The fourth-order valence-electron chi connectivity index (χ4n) is 13.7. The molecule has 0 fully saturated rings. The van der Waals surface area contributed by atoms with Crippen molar-refractivity contribution in [1.29, 1.82) is 0 Å². The van der Waals surface area contributed by atoms with Crippen LogP contribution in [0.2, 0.25) is 0 Å². The molecular weight excluding hydrogens is 1110 g/mol. The molecule has 17 rings (SSSR count). The number of pyridine rings is 1. The quantitative estimate of drug-likeness (QED) is 0.115. The highest BCUT2D eigenvalue weighted by Crippen LogP contribution is 2.45. The van der Waals surface area contributed by atoms with Gasteiger partial charge in [-0.25, -0.2) is 4.98 Å². The summed E-state index contributed by atoms with van der Waals surface area (Å²) in [7, 11) is 0. The highest BCUT2D eigenvalue weighted by atomic mass is 15.1.